The Bertz CT molecular complexity index is 350. The van der Waals surface area contributed by atoms with Crippen LogP contribution in [0.15, 0.2) is 18.3 Å². The largest absolute Gasteiger partial charge is 0.346 e. The average Bonchev–Trinajstić information content (AvgIpc) is 2.28. The van der Waals surface area contributed by atoms with Gasteiger partial charge in [0.25, 0.3) is 0 Å². The number of carbonyl (C=O) groups is 1. The van der Waals surface area contributed by atoms with Gasteiger partial charge in [-0.1, -0.05) is 0 Å². The first kappa shape index (κ1) is 12.7. The zero-order chi connectivity index (χ0) is 12.0. The fourth-order valence-electron chi connectivity index (χ4n) is 1.57. The molecule has 0 aliphatic rings. The summed E-state index contributed by atoms with van der Waals surface area (Å²) in [5, 5.41) is 0. The van der Waals surface area contributed by atoms with E-state index >= 15 is 0 Å². The molecule has 0 aliphatic heterocycles. The molecule has 1 amide bonds. The molecule has 0 bridgehead atoms. The molecule has 0 saturated carbocycles. The van der Waals surface area contributed by atoms with Gasteiger partial charge in [-0.05, 0) is 44.4 Å². The number of amides is 1. The van der Waals surface area contributed by atoms with Gasteiger partial charge in [0.2, 0.25) is 5.91 Å². The zero-order valence-electron chi connectivity index (χ0n) is 10.4. The number of carbonyl (C=O) groups excluding carboxylic acids is 1. The number of hydrogen-bond donors (Lipinski definition) is 0. The Hall–Kier alpha value is -1.38. The van der Waals surface area contributed by atoms with Crippen LogP contribution in [0.25, 0.3) is 0 Å². The molecule has 0 aliphatic carbocycles. The van der Waals surface area contributed by atoms with Crippen LogP contribution in [-0.2, 0) is 11.2 Å². The van der Waals surface area contributed by atoms with Gasteiger partial charge in [-0.3, -0.25) is 9.78 Å². The second kappa shape index (κ2) is 6.26. The molecule has 3 heteroatoms. The molecule has 0 N–H and O–H groups in total. The third kappa shape index (κ3) is 4.01. The molecule has 88 valence electrons. The average molecular weight is 220 g/mol. The number of rotatable bonds is 5. The second-order valence-corrected chi connectivity index (χ2v) is 4.07. The molecule has 16 heavy (non-hydrogen) atoms. The Balaban J connectivity index is 2.33. The molecule has 3 nitrogen and oxygen atoms in total. The lowest BCUT2D eigenvalue weighted by atomic mass is 10.1. The molecule has 0 unspecified atom stereocenters. The van der Waals surface area contributed by atoms with Crippen molar-refractivity contribution < 1.29 is 4.79 Å². The van der Waals surface area contributed by atoms with Crippen LogP contribution in [0.2, 0.25) is 0 Å². The van der Waals surface area contributed by atoms with Crippen molar-refractivity contribution in [1.82, 2.24) is 9.88 Å². The minimum absolute atomic E-state index is 0.230. The lowest BCUT2D eigenvalue weighted by Gasteiger charge is -2.13. The highest BCUT2D eigenvalue weighted by molar-refractivity contribution is 5.75. The van der Waals surface area contributed by atoms with E-state index < -0.39 is 0 Å². The van der Waals surface area contributed by atoms with E-state index in [0.29, 0.717) is 6.42 Å². The third-order valence-corrected chi connectivity index (χ3v) is 2.72. The van der Waals surface area contributed by atoms with E-state index in [2.05, 4.69) is 11.1 Å². The summed E-state index contributed by atoms with van der Waals surface area (Å²) in [5.74, 6) is 0.230. The van der Waals surface area contributed by atoms with E-state index in [9.17, 15) is 4.79 Å². The minimum Gasteiger partial charge on any atom is -0.346 e. The SMILES string of the molecule is CCN(C)C(=O)CCCc1ccnc(C)c1. The molecule has 1 aromatic heterocycles. The highest BCUT2D eigenvalue weighted by Gasteiger charge is 2.05. The van der Waals surface area contributed by atoms with Gasteiger partial charge in [0, 0.05) is 31.9 Å². The van der Waals surface area contributed by atoms with E-state index in [1.807, 2.05) is 33.2 Å². The Morgan fingerprint density at radius 2 is 2.25 bits per heavy atom. The highest BCUT2D eigenvalue weighted by Crippen LogP contribution is 2.06. The van der Waals surface area contributed by atoms with Crippen molar-refractivity contribution in [2.24, 2.45) is 0 Å². The molecule has 1 aromatic rings. The number of pyridine rings is 1. The Morgan fingerprint density at radius 1 is 1.50 bits per heavy atom. The zero-order valence-corrected chi connectivity index (χ0v) is 10.4. The number of aryl methyl sites for hydroxylation is 2. The van der Waals surface area contributed by atoms with Crippen molar-refractivity contribution in [3.8, 4) is 0 Å². The molecule has 1 rings (SSSR count). The van der Waals surface area contributed by atoms with E-state index in [0.717, 1.165) is 25.1 Å². The van der Waals surface area contributed by atoms with Gasteiger partial charge in [0.1, 0.15) is 0 Å². The van der Waals surface area contributed by atoms with Gasteiger partial charge >= 0.3 is 0 Å². The molecule has 0 atom stereocenters. The quantitative estimate of drug-likeness (QED) is 0.762. The van der Waals surface area contributed by atoms with Crippen LogP contribution in [0.5, 0.6) is 0 Å². The summed E-state index contributed by atoms with van der Waals surface area (Å²) in [6.07, 6.45) is 4.32. The summed E-state index contributed by atoms with van der Waals surface area (Å²) in [4.78, 5) is 17.5. The van der Waals surface area contributed by atoms with E-state index in [1.165, 1.54) is 5.56 Å². The van der Waals surface area contributed by atoms with Crippen molar-refractivity contribution in [3.05, 3.63) is 29.6 Å². The van der Waals surface area contributed by atoms with Crippen LogP contribution in [-0.4, -0.2) is 29.4 Å². The van der Waals surface area contributed by atoms with Gasteiger partial charge in [-0.2, -0.15) is 0 Å². The fourth-order valence-corrected chi connectivity index (χ4v) is 1.57. The predicted octanol–water partition coefficient (Wildman–Crippen LogP) is 2.19. The maximum absolute atomic E-state index is 11.5. The first-order chi connectivity index (χ1) is 7.63. The van der Waals surface area contributed by atoms with Crippen molar-refractivity contribution >= 4 is 5.91 Å². The van der Waals surface area contributed by atoms with Crippen LogP contribution in [0.3, 0.4) is 0 Å². The van der Waals surface area contributed by atoms with E-state index in [1.54, 1.807) is 4.90 Å². The van der Waals surface area contributed by atoms with Gasteiger partial charge in [0.15, 0.2) is 0 Å². The highest BCUT2D eigenvalue weighted by atomic mass is 16.2. The summed E-state index contributed by atoms with van der Waals surface area (Å²) in [6.45, 7) is 4.76. The summed E-state index contributed by atoms with van der Waals surface area (Å²) < 4.78 is 0. The van der Waals surface area contributed by atoms with Gasteiger partial charge < -0.3 is 4.90 Å². The Kier molecular flexibility index (Phi) is 4.96. The number of nitrogens with zero attached hydrogens (tertiary/aromatic N) is 2. The monoisotopic (exact) mass is 220 g/mol. The third-order valence-electron chi connectivity index (χ3n) is 2.72. The molecule has 0 saturated heterocycles. The minimum atomic E-state index is 0.230. The van der Waals surface area contributed by atoms with Crippen molar-refractivity contribution in [2.45, 2.75) is 33.1 Å². The van der Waals surface area contributed by atoms with Crippen LogP contribution in [0.1, 0.15) is 31.0 Å². The first-order valence-electron chi connectivity index (χ1n) is 5.79. The lowest BCUT2D eigenvalue weighted by molar-refractivity contribution is -0.129. The van der Waals surface area contributed by atoms with E-state index in [4.69, 9.17) is 0 Å². The maximum Gasteiger partial charge on any atom is 0.222 e. The molecule has 0 fully saturated rings. The topological polar surface area (TPSA) is 33.2 Å². The molecule has 0 spiro atoms. The Morgan fingerprint density at radius 3 is 2.88 bits per heavy atom. The van der Waals surface area contributed by atoms with Crippen LogP contribution < -0.4 is 0 Å². The first-order valence-corrected chi connectivity index (χ1v) is 5.79. The van der Waals surface area contributed by atoms with Crippen molar-refractivity contribution in [3.63, 3.8) is 0 Å². The van der Waals surface area contributed by atoms with Crippen LogP contribution in [0, 0.1) is 6.92 Å². The maximum atomic E-state index is 11.5. The van der Waals surface area contributed by atoms with Gasteiger partial charge in [-0.15, -0.1) is 0 Å². The van der Waals surface area contributed by atoms with Crippen molar-refractivity contribution in [2.75, 3.05) is 13.6 Å². The summed E-state index contributed by atoms with van der Waals surface area (Å²) in [5.41, 5.74) is 2.30. The van der Waals surface area contributed by atoms with Crippen LogP contribution >= 0.6 is 0 Å². The van der Waals surface area contributed by atoms with E-state index in [-0.39, 0.29) is 5.91 Å². The number of aromatic nitrogens is 1. The van der Waals surface area contributed by atoms with Gasteiger partial charge in [0.05, 0.1) is 0 Å². The molecular weight excluding hydrogens is 200 g/mol. The van der Waals surface area contributed by atoms with Crippen molar-refractivity contribution in [1.29, 1.82) is 0 Å². The fraction of sp³-hybridized carbons (Fsp3) is 0.538. The Labute approximate surface area is 97.5 Å². The molecular formula is C13H20N2O. The second-order valence-electron chi connectivity index (χ2n) is 4.07. The number of hydrogen-bond acceptors (Lipinski definition) is 2. The smallest absolute Gasteiger partial charge is 0.222 e. The summed E-state index contributed by atoms with van der Waals surface area (Å²) >= 11 is 0. The summed E-state index contributed by atoms with van der Waals surface area (Å²) in [6, 6.07) is 4.09. The summed E-state index contributed by atoms with van der Waals surface area (Å²) in [7, 11) is 1.85. The molecule has 0 radical (unpaired) electrons. The molecule has 1 heterocycles. The standard InChI is InChI=1S/C13H20N2O/c1-4-15(3)13(16)7-5-6-12-8-9-14-11(2)10-12/h8-10H,4-7H2,1-3H3. The van der Waals surface area contributed by atoms with Gasteiger partial charge in [-0.25, -0.2) is 0 Å². The predicted molar refractivity (Wildman–Crippen MR) is 65.2 cm³/mol. The normalized spacial score (nSPS) is 10.2. The molecule has 0 aromatic carbocycles. The lowest BCUT2D eigenvalue weighted by Crippen LogP contribution is -2.25. The van der Waals surface area contributed by atoms with Crippen LogP contribution in [0.4, 0.5) is 0 Å².